The summed E-state index contributed by atoms with van der Waals surface area (Å²) in [5.74, 6) is 0.544. The van der Waals surface area contributed by atoms with Crippen LogP contribution in [0.3, 0.4) is 0 Å². The van der Waals surface area contributed by atoms with Crippen molar-refractivity contribution >= 4 is 0 Å². The molecule has 2 unspecified atom stereocenters. The van der Waals surface area contributed by atoms with Crippen LogP contribution in [0, 0.1) is 5.92 Å². The van der Waals surface area contributed by atoms with Crippen LogP contribution < -0.4 is 5.32 Å². The van der Waals surface area contributed by atoms with E-state index in [1.807, 2.05) is 26.0 Å². The summed E-state index contributed by atoms with van der Waals surface area (Å²) in [5, 5.41) is 23.0. The number of nitrogens with one attached hydrogen (secondary N) is 1. The van der Waals surface area contributed by atoms with E-state index in [0.29, 0.717) is 18.8 Å². The molecule has 0 amide bonds. The predicted octanol–water partition coefficient (Wildman–Crippen LogP) is 2.28. The summed E-state index contributed by atoms with van der Waals surface area (Å²) in [6.07, 6.45) is 0.950. The van der Waals surface area contributed by atoms with Crippen molar-refractivity contribution in [2.24, 2.45) is 5.92 Å². The average molecular weight is 237 g/mol. The summed E-state index contributed by atoms with van der Waals surface area (Å²) >= 11 is 0. The Morgan fingerprint density at radius 2 is 2.00 bits per heavy atom. The van der Waals surface area contributed by atoms with Gasteiger partial charge in [-0.2, -0.15) is 0 Å². The van der Waals surface area contributed by atoms with E-state index in [1.165, 1.54) is 0 Å². The minimum absolute atomic E-state index is 0.249. The summed E-state index contributed by atoms with van der Waals surface area (Å²) < 4.78 is 0. The highest BCUT2D eigenvalue weighted by molar-refractivity contribution is 5.31. The monoisotopic (exact) mass is 237 g/mol. The molecule has 0 aliphatic heterocycles. The fourth-order valence-corrected chi connectivity index (χ4v) is 1.72. The molecule has 0 radical (unpaired) electrons. The van der Waals surface area contributed by atoms with Crippen LogP contribution in [0.1, 0.15) is 32.8 Å². The molecule has 0 fully saturated rings. The van der Waals surface area contributed by atoms with Gasteiger partial charge in [0.25, 0.3) is 0 Å². The minimum Gasteiger partial charge on any atom is -0.508 e. The SMILES string of the molecule is CCC(C)C(C)(O)CNCc1ccccc1O. The molecule has 3 nitrogen and oxygen atoms in total. The Morgan fingerprint density at radius 1 is 1.35 bits per heavy atom. The third kappa shape index (κ3) is 4.02. The Morgan fingerprint density at radius 3 is 2.59 bits per heavy atom. The number of benzene rings is 1. The van der Waals surface area contributed by atoms with Gasteiger partial charge in [0.2, 0.25) is 0 Å². The van der Waals surface area contributed by atoms with E-state index in [9.17, 15) is 10.2 Å². The quantitative estimate of drug-likeness (QED) is 0.711. The lowest BCUT2D eigenvalue weighted by Gasteiger charge is -2.30. The summed E-state index contributed by atoms with van der Waals surface area (Å²) in [6, 6.07) is 7.24. The van der Waals surface area contributed by atoms with Gasteiger partial charge < -0.3 is 15.5 Å². The van der Waals surface area contributed by atoms with E-state index in [1.54, 1.807) is 12.1 Å². The van der Waals surface area contributed by atoms with Crippen molar-refractivity contribution in [2.75, 3.05) is 6.54 Å². The molecule has 0 saturated heterocycles. The van der Waals surface area contributed by atoms with Crippen molar-refractivity contribution in [2.45, 2.75) is 39.3 Å². The molecule has 96 valence electrons. The standard InChI is InChI=1S/C14H23NO2/c1-4-11(2)14(3,17)10-15-9-12-7-5-6-8-13(12)16/h5-8,11,15-17H,4,9-10H2,1-3H3. The summed E-state index contributed by atoms with van der Waals surface area (Å²) in [5.41, 5.74) is 0.145. The normalized spacial score (nSPS) is 16.5. The van der Waals surface area contributed by atoms with E-state index in [-0.39, 0.29) is 5.92 Å². The van der Waals surface area contributed by atoms with Gasteiger partial charge in [-0.25, -0.2) is 0 Å². The number of aliphatic hydroxyl groups is 1. The van der Waals surface area contributed by atoms with Crippen molar-refractivity contribution in [3.63, 3.8) is 0 Å². The Balaban J connectivity index is 2.45. The highest BCUT2D eigenvalue weighted by Gasteiger charge is 2.26. The molecule has 0 spiro atoms. The second-order valence-corrected chi connectivity index (χ2v) is 4.90. The molecule has 0 bridgehead atoms. The number of hydrogen-bond acceptors (Lipinski definition) is 3. The third-order valence-electron chi connectivity index (χ3n) is 3.46. The van der Waals surface area contributed by atoms with Crippen molar-refractivity contribution < 1.29 is 10.2 Å². The smallest absolute Gasteiger partial charge is 0.120 e. The number of rotatable bonds is 6. The lowest BCUT2D eigenvalue weighted by Crippen LogP contribution is -2.42. The molecular weight excluding hydrogens is 214 g/mol. The van der Waals surface area contributed by atoms with Crippen LogP contribution in [-0.4, -0.2) is 22.4 Å². The van der Waals surface area contributed by atoms with Gasteiger partial charge in [-0.15, -0.1) is 0 Å². The maximum atomic E-state index is 10.2. The van der Waals surface area contributed by atoms with Crippen molar-refractivity contribution in [3.05, 3.63) is 29.8 Å². The second-order valence-electron chi connectivity index (χ2n) is 4.90. The molecule has 0 aliphatic rings. The topological polar surface area (TPSA) is 52.5 Å². The molecule has 17 heavy (non-hydrogen) atoms. The van der Waals surface area contributed by atoms with Gasteiger partial charge in [0, 0.05) is 18.7 Å². The maximum absolute atomic E-state index is 10.2. The molecule has 3 heteroatoms. The van der Waals surface area contributed by atoms with E-state index in [4.69, 9.17) is 0 Å². The first-order valence-corrected chi connectivity index (χ1v) is 6.17. The van der Waals surface area contributed by atoms with Crippen LogP contribution in [0.4, 0.5) is 0 Å². The summed E-state index contributed by atoms with van der Waals surface area (Å²) in [6.45, 7) is 7.05. The van der Waals surface area contributed by atoms with Gasteiger partial charge in [0.05, 0.1) is 5.60 Å². The second kappa shape index (κ2) is 6.03. The zero-order chi connectivity index (χ0) is 12.9. The third-order valence-corrected chi connectivity index (χ3v) is 3.46. The lowest BCUT2D eigenvalue weighted by atomic mass is 9.88. The van der Waals surface area contributed by atoms with Gasteiger partial charge in [0.15, 0.2) is 0 Å². The number of phenols is 1. The largest absolute Gasteiger partial charge is 0.508 e. The van der Waals surface area contributed by atoms with Crippen molar-refractivity contribution in [1.82, 2.24) is 5.32 Å². The number of phenolic OH excluding ortho intramolecular Hbond substituents is 1. The first-order chi connectivity index (χ1) is 7.97. The molecule has 1 aromatic rings. The highest BCUT2D eigenvalue weighted by atomic mass is 16.3. The van der Waals surface area contributed by atoms with Gasteiger partial charge in [-0.1, -0.05) is 38.5 Å². The Labute approximate surface area is 103 Å². The lowest BCUT2D eigenvalue weighted by molar-refractivity contribution is 0.00531. The van der Waals surface area contributed by atoms with Crippen LogP contribution >= 0.6 is 0 Å². The molecule has 3 N–H and O–H groups in total. The van der Waals surface area contributed by atoms with E-state index < -0.39 is 5.60 Å². The highest BCUT2D eigenvalue weighted by Crippen LogP contribution is 2.20. The van der Waals surface area contributed by atoms with E-state index >= 15 is 0 Å². The van der Waals surface area contributed by atoms with Gasteiger partial charge in [0.1, 0.15) is 5.75 Å². The fourth-order valence-electron chi connectivity index (χ4n) is 1.72. The van der Waals surface area contributed by atoms with Gasteiger partial charge >= 0.3 is 0 Å². The summed E-state index contributed by atoms with van der Waals surface area (Å²) in [7, 11) is 0. The van der Waals surface area contributed by atoms with Crippen molar-refractivity contribution in [3.8, 4) is 5.75 Å². The van der Waals surface area contributed by atoms with Crippen LogP contribution in [0.25, 0.3) is 0 Å². The van der Waals surface area contributed by atoms with Crippen LogP contribution in [0.5, 0.6) is 5.75 Å². The predicted molar refractivity (Wildman–Crippen MR) is 69.9 cm³/mol. The van der Waals surface area contributed by atoms with Crippen LogP contribution in [0.2, 0.25) is 0 Å². The molecule has 2 atom stereocenters. The molecule has 1 aromatic carbocycles. The number of aromatic hydroxyl groups is 1. The Kier molecular flexibility index (Phi) is 4.97. The van der Waals surface area contributed by atoms with Crippen molar-refractivity contribution in [1.29, 1.82) is 0 Å². The number of para-hydroxylation sites is 1. The molecular formula is C14H23NO2. The molecule has 1 rings (SSSR count). The minimum atomic E-state index is -0.709. The summed E-state index contributed by atoms with van der Waals surface area (Å²) in [4.78, 5) is 0. The molecule has 0 aliphatic carbocycles. The molecule has 0 saturated carbocycles. The van der Waals surface area contributed by atoms with Gasteiger partial charge in [-0.05, 0) is 18.9 Å². The number of hydrogen-bond donors (Lipinski definition) is 3. The first-order valence-electron chi connectivity index (χ1n) is 6.17. The maximum Gasteiger partial charge on any atom is 0.120 e. The molecule has 0 aromatic heterocycles. The average Bonchev–Trinajstić information content (AvgIpc) is 2.30. The van der Waals surface area contributed by atoms with E-state index in [2.05, 4.69) is 12.2 Å². The van der Waals surface area contributed by atoms with Crippen LogP contribution in [-0.2, 0) is 6.54 Å². The molecule has 0 heterocycles. The zero-order valence-electron chi connectivity index (χ0n) is 10.9. The Bertz CT molecular complexity index is 350. The van der Waals surface area contributed by atoms with Crippen LogP contribution in [0.15, 0.2) is 24.3 Å². The van der Waals surface area contributed by atoms with E-state index in [0.717, 1.165) is 12.0 Å². The van der Waals surface area contributed by atoms with Gasteiger partial charge in [-0.3, -0.25) is 0 Å². The Hall–Kier alpha value is -1.06. The first kappa shape index (κ1) is 14.0. The zero-order valence-corrected chi connectivity index (χ0v) is 10.9. The fraction of sp³-hybridized carbons (Fsp3) is 0.571.